The molecule has 0 radical (unpaired) electrons. The van der Waals surface area contributed by atoms with Gasteiger partial charge in [0, 0.05) is 7.05 Å². The number of aryl methyl sites for hydroxylation is 1. The summed E-state index contributed by atoms with van der Waals surface area (Å²) in [5, 5.41) is 7.81. The van der Waals surface area contributed by atoms with Gasteiger partial charge in [-0.2, -0.15) is 0 Å². The number of hydrogen-bond acceptors (Lipinski definition) is 5. The van der Waals surface area contributed by atoms with Gasteiger partial charge < -0.3 is 4.74 Å². The third-order valence-corrected chi connectivity index (χ3v) is 3.29. The molecule has 1 aliphatic heterocycles. The molecule has 1 atom stereocenters. The van der Waals surface area contributed by atoms with Crippen molar-refractivity contribution in [1.82, 2.24) is 20.4 Å². The number of rotatable bonds is 3. The summed E-state index contributed by atoms with van der Waals surface area (Å²) < 4.78 is 7.13. The van der Waals surface area contributed by atoms with Crippen molar-refractivity contribution in [2.24, 2.45) is 12.9 Å². The standard InChI is InChI=1S/C12H15N5O/c1-17-11(5-14-16-17)12(15-13)8-2-3-9-6-18-7-10(9)4-8/h2-5,12,15H,6-7,13H2,1H3. The Bertz CT molecular complexity index is 565. The highest BCUT2D eigenvalue weighted by atomic mass is 16.5. The van der Waals surface area contributed by atoms with Crippen molar-refractivity contribution >= 4 is 0 Å². The molecule has 0 amide bonds. The summed E-state index contributed by atoms with van der Waals surface area (Å²) in [6.45, 7) is 1.37. The predicted molar refractivity (Wildman–Crippen MR) is 65.1 cm³/mol. The SMILES string of the molecule is Cn1nncc1C(NN)c1ccc2c(c1)COC2. The number of ether oxygens (including phenoxy) is 1. The zero-order chi connectivity index (χ0) is 12.5. The van der Waals surface area contributed by atoms with Crippen LogP contribution in [0.3, 0.4) is 0 Å². The Labute approximate surface area is 105 Å². The highest BCUT2D eigenvalue weighted by Gasteiger charge is 2.19. The Balaban J connectivity index is 2.00. The highest BCUT2D eigenvalue weighted by Crippen LogP contribution is 2.26. The summed E-state index contributed by atoms with van der Waals surface area (Å²) in [5.41, 5.74) is 7.30. The number of benzene rings is 1. The quantitative estimate of drug-likeness (QED) is 0.604. The highest BCUT2D eigenvalue weighted by molar-refractivity contribution is 5.37. The van der Waals surface area contributed by atoms with Crippen LogP contribution in [0.5, 0.6) is 0 Å². The molecular formula is C12H15N5O. The van der Waals surface area contributed by atoms with E-state index in [1.54, 1.807) is 10.9 Å². The lowest BCUT2D eigenvalue weighted by molar-refractivity contribution is 0.134. The molecule has 2 aromatic rings. The van der Waals surface area contributed by atoms with E-state index in [2.05, 4.69) is 33.9 Å². The monoisotopic (exact) mass is 245 g/mol. The molecule has 0 bridgehead atoms. The first kappa shape index (κ1) is 11.3. The van der Waals surface area contributed by atoms with Gasteiger partial charge in [0.15, 0.2) is 0 Å². The Morgan fingerprint density at radius 1 is 1.39 bits per heavy atom. The normalized spacial score (nSPS) is 15.7. The van der Waals surface area contributed by atoms with Crippen molar-refractivity contribution in [3.8, 4) is 0 Å². The Morgan fingerprint density at radius 3 is 2.94 bits per heavy atom. The molecule has 0 saturated carbocycles. The van der Waals surface area contributed by atoms with Crippen LogP contribution in [0, 0.1) is 0 Å². The minimum Gasteiger partial charge on any atom is -0.372 e. The average Bonchev–Trinajstić information content (AvgIpc) is 2.99. The minimum absolute atomic E-state index is 0.115. The molecule has 1 aliphatic rings. The molecular weight excluding hydrogens is 230 g/mol. The van der Waals surface area contributed by atoms with Gasteiger partial charge in [-0.05, 0) is 16.7 Å². The fourth-order valence-electron chi connectivity index (χ4n) is 2.28. The van der Waals surface area contributed by atoms with Crippen molar-refractivity contribution < 1.29 is 4.74 Å². The molecule has 18 heavy (non-hydrogen) atoms. The summed E-state index contributed by atoms with van der Waals surface area (Å²) in [4.78, 5) is 0. The zero-order valence-electron chi connectivity index (χ0n) is 10.1. The van der Waals surface area contributed by atoms with Crippen LogP contribution in [0.25, 0.3) is 0 Å². The summed E-state index contributed by atoms with van der Waals surface area (Å²) >= 11 is 0. The van der Waals surface area contributed by atoms with Gasteiger partial charge in [0.05, 0.1) is 31.1 Å². The van der Waals surface area contributed by atoms with Crippen molar-refractivity contribution in [3.05, 3.63) is 46.8 Å². The Morgan fingerprint density at radius 2 is 2.22 bits per heavy atom. The van der Waals surface area contributed by atoms with E-state index in [-0.39, 0.29) is 6.04 Å². The third kappa shape index (κ3) is 1.80. The molecule has 6 heteroatoms. The van der Waals surface area contributed by atoms with Crippen LogP contribution in [0.15, 0.2) is 24.4 Å². The van der Waals surface area contributed by atoms with Crippen LogP contribution in [0.4, 0.5) is 0 Å². The topological polar surface area (TPSA) is 78.0 Å². The van der Waals surface area contributed by atoms with Gasteiger partial charge in [0.2, 0.25) is 0 Å². The van der Waals surface area contributed by atoms with Gasteiger partial charge in [0.1, 0.15) is 0 Å². The molecule has 3 N–H and O–H groups in total. The van der Waals surface area contributed by atoms with E-state index in [1.807, 2.05) is 7.05 Å². The smallest absolute Gasteiger partial charge is 0.0894 e. The molecule has 94 valence electrons. The lowest BCUT2D eigenvalue weighted by Gasteiger charge is -2.16. The maximum absolute atomic E-state index is 5.66. The van der Waals surface area contributed by atoms with E-state index in [9.17, 15) is 0 Å². The minimum atomic E-state index is -0.115. The molecule has 0 spiro atoms. The largest absolute Gasteiger partial charge is 0.372 e. The van der Waals surface area contributed by atoms with Crippen LogP contribution < -0.4 is 11.3 Å². The number of nitrogens with one attached hydrogen (secondary N) is 1. The van der Waals surface area contributed by atoms with Gasteiger partial charge in [-0.15, -0.1) is 5.10 Å². The zero-order valence-corrected chi connectivity index (χ0v) is 10.1. The van der Waals surface area contributed by atoms with Crippen LogP contribution in [-0.4, -0.2) is 15.0 Å². The van der Waals surface area contributed by atoms with Crippen LogP contribution in [0.2, 0.25) is 0 Å². The van der Waals surface area contributed by atoms with Crippen molar-refractivity contribution in [2.75, 3.05) is 0 Å². The molecule has 0 fully saturated rings. The van der Waals surface area contributed by atoms with Gasteiger partial charge in [-0.25, -0.2) is 5.43 Å². The third-order valence-electron chi connectivity index (χ3n) is 3.29. The molecule has 6 nitrogen and oxygen atoms in total. The molecule has 0 aliphatic carbocycles. The second kappa shape index (κ2) is 4.49. The maximum Gasteiger partial charge on any atom is 0.0894 e. The molecule has 1 aromatic carbocycles. The fourth-order valence-corrected chi connectivity index (χ4v) is 2.28. The number of aromatic nitrogens is 3. The van der Waals surface area contributed by atoms with Gasteiger partial charge >= 0.3 is 0 Å². The molecule has 0 saturated heterocycles. The first-order chi connectivity index (χ1) is 8.79. The first-order valence-electron chi connectivity index (χ1n) is 5.79. The Kier molecular flexibility index (Phi) is 2.83. The molecule has 1 aromatic heterocycles. The van der Waals surface area contributed by atoms with E-state index in [0.29, 0.717) is 13.2 Å². The van der Waals surface area contributed by atoms with Gasteiger partial charge in [-0.1, -0.05) is 23.4 Å². The maximum atomic E-state index is 5.66. The summed E-state index contributed by atoms with van der Waals surface area (Å²) in [6, 6.07) is 6.16. The summed E-state index contributed by atoms with van der Waals surface area (Å²) in [7, 11) is 1.85. The second-order valence-corrected chi connectivity index (χ2v) is 4.40. The lowest BCUT2D eigenvalue weighted by atomic mass is 10.00. The number of nitrogens with two attached hydrogens (primary N) is 1. The van der Waals surface area contributed by atoms with E-state index in [0.717, 1.165) is 11.3 Å². The summed E-state index contributed by atoms with van der Waals surface area (Å²) in [6.07, 6.45) is 1.72. The van der Waals surface area contributed by atoms with Crippen LogP contribution in [0.1, 0.15) is 28.4 Å². The van der Waals surface area contributed by atoms with Crippen LogP contribution in [-0.2, 0) is 25.0 Å². The van der Waals surface area contributed by atoms with Gasteiger partial charge in [-0.3, -0.25) is 10.5 Å². The fraction of sp³-hybridized carbons (Fsp3) is 0.333. The molecule has 2 heterocycles. The lowest BCUT2D eigenvalue weighted by Crippen LogP contribution is -2.30. The van der Waals surface area contributed by atoms with E-state index in [4.69, 9.17) is 10.6 Å². The molecule has 3 rings (SSSR count). The Hall–Kier alpha value is -1.76. The van der Waals surface area contributed by atoms with Crippen molar-refractivity contribution in [2.45, 2.75) is 19.3 Å². The van der Waals surface area contributed by atoms with E-state index >= 15 is 0 Å². The second-order valence-electron chi connectivity index (χ2n) is 4.40. The van der Waals surface area contributed by atoms with E-state index < -0.39 is 0 Å². The van der Waals surface area contributed by atoms with Gasteiger partial charge in [0.25, 0.3) is 0 Å². The molecule has 1 unspecified atom stereocenters. The van der Waals surface area contributed by atoms with Crippen molar-refractivity contribution in [3.63, 3.8) is 0 Å². The number of nitrogens with zero attached hydrogens (tertiary/aromatic N) is 3. The number of hydrazine groups is 1. The van der Waals surface area contributed by atoms with E-state index in [1.165, 1.54) is 11.1 Å². The van der Waals surface area contributed by atoms with Crippen LogP contribution >= 0.6 is 0 Å². The first-order valence-corrected chi connectivity index (χ1v) is 5.79. The van der Waals surface area contributed by atoms with Crippen molar-refractivity contribution in [1.29, 1.82) is 0 Å². The number of hydrogen-bond donors (Lipinski definition) is 2. The average molecular weight is 245 g/mol. The predicted octanol–water partition coefficient (Wildman–Crippen LogP) is 0.398. The number of fused-ring (bicyclic) bond motifs is 1. The summed E-state index contributed by atoms with van der Waals surface area (Å²) in [5.74, 6) is 5.66.